The van der Waals surface area contributed by atoms with Gasteiger partial charge in [0.2, 0.25) is 0 Å². The van der Waals surface area contributed by atoms with Crippen LogP contribution in [-0.2, 0) is 5.41 Å². The van der Waals surface area contributed by atoms with Crippen LogP contribution >= 0.6 is 0 Å². The van der Waals surface area contributed by atoms with Crippen LogP contribution in [0.1, 0.15) is 79.2 Å². The summed E-state index contributed by atoms with van der Waals surface area (Å²) >= 11 is 0. The minimum Gasteiger partial charge on any atom is -0.491 e. The largest absolute Gasteiger partial charge is 0.491 e. The Balaban J connectivity index is 1.41. The van der Waals surface area contributed by atoms with Gasteiger partial charge in [0, 0.05) is 12.6 Å². The van der Waals surface area contributed by atoms with Crippen molar-refractivity contribution < 1.29 is 9.84 Å². The van der Waals surface area contributed by atoms with Crippen molar-refractivity contribution in [2.24, 2.45) is 23.2 Å². The minimum absolute atomic E-state index is 0.135. The highest BCUT2D eigenvalue weighted by Crippen LogP contribution is 2.49. The summed E-state index contributed by atoms with van der Waals surface area (Å²) in [4.78, 5) is 0. The van der Waals surface area contributed by atoms with Gasteiger partial charge in [-0.3, -0.25) is 0 Å². The molecule has 0 radical (unpaired) electrons. The number of ether oxygens (including phenoxy) is 1. The van der Waals surface area contributed by atoms with Crippen molar-refractivity contribution in [3.05, 3.63) is 29.8 Å². The van der Waals surface area contributed by atoms with Crippen LogP contribution in [0.25, 0.3) is 0 Å². The molecule has 0 amide bonds. The maximum absolute atomic E-state index is 10.4. The van der Waals surface area contributed by atoms with Gasteiger partial charge < -0.3 is 15.2 Å². The third-order valence-corrected chi connectivity index (χ3v) is 7.16. The smallest absolute Gasteiger partial charge is 0.119 e. The summed E-state index contributed by atoms with van der Waals surface area (Å²) in [7, 11) is 0. The summed E-state index contributed by atoms with van der Waals surface area (Å²) in [5, 5.41) is 13.9. The average Bonchev–Trinajstić information content (AvgIpc) is 3.26. The van der Waals surface area contributed by atoms with Gasteiger partial charge in [0.15, 0.2) is 0 Å². The summed E-state index contributed by atoms with van der Waals surface area (Å²) in [6, 6.07) is 8.91. The quantitative estimate of drug-likeness (QED) is 0.570. The molecule has 0 heterocycles. The Morgan fingerprint density at radius 3 is 2.31 bits per heavy atom. The second-order valence-corrected chi connectivity index (χ2v) is 11.6. The van der Waals surface area contributed by atoms with E-state index in [-0.39, 0.29) is 5.41 Å². The molecule has 2 saturated carbocycles. The predicted octanol–water partition coefficient (Wildman–Crippen LogP) is 5.55. The third kappa shape index (κ3) is 6.21. The topological polar surface area (TPSA) is 41.5 Å². The number of hydrogen-bond donors (Lipinski definition) is 2. The van der Waals surface area contributed by atoms with E-state index in [1.807, 2.05) is 12.1 Å². The number of nitrogens with one attached hydrogen (secondary N) is 1. The van der Waals surface area contributed by atoms with Crippen molar-refractivity contribution >= 4 is 0 Å². The first-order valence-electron chi connectivity index (χ1n) is 11.7. The summed E-state index contributed by atoms with van der Waals surface area (Å²) in [5.41, 5.74) is 1.77. The van der Waals surface area contributed by atoms with E-state index in [4.69, 9.17) is 4.74 Å². The molecule has 2 aliphatic rings. The molecule has 2 N–H and O–H groups in total. The van der Waals surface area contributed by atoms with Crippen LogP contribution in [0.2, 0.25) is 0 Å². The number of fused-ring (bicyclic) bond motifs is 2. The lowest BCUT2D eigenvalue weighted by Gasteiger charge is -2.33. The van der Waals surface area contributed by atoms with Gasteiger partial charge in [-0.05, 0) is 78.9 Å². The summed E-state index contributed by atoms with van der Waals surface area (Å²) in [5.74, 6) is 3.52. The molecule has 0 aromatic heterocycles. The highest BCUT2D eigenvalue weighted by atomic mass is 16.5. The van der Waals surface area contributed by atoms with Gasteiger partial charge in [0.05, 0.1) is 0 Å². The molecule has 1 aromatic carbocycles. The van der Waals surface area contributed by atoms with E-state index in [1.54, 1.807) is 0 Å². The van der Waals surface area contributed by atoms with Crippen molar-refractivity contribution in [3.8, 4) is 5.75 Å². The first-order chi connectivity index (χ1) is 13.5. The Morgan fingerprint density at radius 1 is 1.07 bits per heavy atom. The molecule has 3 heteroatoms. The molecule has 2 aliphatic carbocycles. The molecule has 2 bridgehead atoms. The number of rotatable bonds is 9. The fourth-order valence-electron chi connectivity index (χ4n) is 6.06. The molecule has 3 rings (SSSR count). The van der Waals surface area contributed by atoms with Crippen LogP contribution in [0.3, 0.4) is 0 Å². The molecule has 3 nitrogen and oxygen atoms in total. The van der Waals surface area contributed by atoms with E-state index >= 15 is 0 Å². The van der Waals surface area contributed by atoms with Gasteiger partial charge in [-0.2, -0.15) is 0 Å². The minimum atomic E-state index is -0.479. The van der Waals surface area contributed by atoms with Gasteiger partial charge in [-0.25, -0.2) is 0 Å². The lowest BCUT2D eigenvalue weighted by atomic mass is 9.72. The van der Waals surface area contributed by atoms with Crippen molar-refractivity contribution in [1.29, 1.82) is 0 Å². The zero-order valence-electron chi connectivity index (χ0n) is 19.5. The van der Waals surface area contributed by atoms with Crippen LogP contribution < -0.4 is 10.1 Å². The Bertz CT molecular complexity index is 646. The van der Waals surface area contributed by atoms with Gasteiger partial charge >= 0.3 is 0 Å². The number of hydrogen-bond acceptors (Lipinski definition) is 3. The Kier molecular flexibility index (Phi) is 7.00. The van der Waals surface area contributed by atoms with Crippen LogP contribution in [0, 0.1) is 23.2 Å². The SMILES string of the molecule is C[C@H](NC[C@@H](O)COc1ccc(C(C)(C)CC(C)(C)C)cc1)[C@@H]1C[C@H]2CC[C@H]1C2. The molecule has 1 aromatic rings. The summed E-state index contributed by atoms with van der Waals surface area (Å²) < 4.78 is 5.85. The molecule has 5 atom stereocenters. The van der Waals surface area contributed by atoms with E-state index in [2.05, 4.69) is 59.0 Å². The predicted molar refractivity (Wildman–Crippen MR) is 121 cm³/mol. The van der Waals surface area contributed by atoms with Crippen molar-refractivity contribution in [3.63, 3.8) is 0 Å². The van der Waals surface area contributed by atoms with Gasteiger partial charge in [-0.1, -0.05) is 53.2 Å². The van der Waals surface area contributed by atoms with Crippen molar-refractivity contribution in [2.45, 2.75) is 91.2 Å². The zero-order valence-corrected chi connectivity index (χ0v) is 19.5. The molecule has 0 saturated heterocycles. The second kappa shape index (κ2) is 8.98. The van der Waals surface area contributed by atoms with E-state index in [0.717, 1.165) is 29.9 Å². The van der Waals surface area contributed by atoms with Crippen molar-refractivity contribution in [2.75, 3.05) is 13.2 Å². The van der Waals surface area contributed by atoms with E-state index in [0.29, 0.717) is 24.6 Å². The van der Waals surface area contributed by atoms with Gasteiger partial charge in [0.25, 0.3) is 0 Å². The zero-order chi connectivity index (χ0) is 21.2. The maximum Gasteiger partial charge on any atom is 0.119 e. The fourth-order valence-corrected chi connectivity index (χ4v) is 6.06. The molecular formula is C26H43NO2. The van der Waals surface area contributed by atoms with Crippen LogP contribution in [0.4, 0.5) is 0 Å². The highest BCUT2D eigenvalue weighted by Gasteiger charge is 2.41. The summed E-state index contributed by atoms with van der Waals surface area (Å²) in [6.07, 6.45) is 6.32. The van der Waals surface area contributed by atoms with Crippen LogP contribution in [0.15, 0.2) is 24.3 Å². The van der Waals surface area contributed by atoms with E-state index in [1.165, 1.54) is 31.2 Å². The molecule has 2 fully saturated rings. The normalized spacial score (nSPS) is 26.5. The maximum atomic E-state index is 10.4. The van der Waals surface area contributed by atoms with Crippen LogP contribution in [0.5, 0.6) is 5.75 Å². The standard InChI is InChI=1S/C26H43NO2/c1-18(24-14-19-7-8-20(24)13-19)27-15-22(28)16-29-23-11-9-21(10-12-23)26(5,6)17-25(2,3)4/h9-12,18-20,22,24,27-28H,7-8,13-17H2,1-6H3/t18-,19-,20-,22+,24-/m0/s1. The highest BCUT2D eigenvalue weighted by molar-refractivity contribution is 5.31. The van der Waals surface area contributed by atoms with E-state index in [9.17, 15) is 5.11 Å². The lowest BCUT2D eigenvalue weighted by Crippen LogP contribution is -2.41. The molecule has 29 heavy (non-hydrogen) atoms. The first kappa shape index (κ1) is 22.6. The van der Waals surface area contributed by atoms with Gasteiger partial charge in [0.1, 0.15) is 18.5 Å². The monoisotopic (exact) mass is 401 g/mol. The fraction of sp³-hybridized carbons (Fsp3) is 0.769. The Morgan fingerprint density at radius 2 is 1.76 bits per heavy atom. The lowest BCUT2D eigenvalue weighted by molar-refractivity contribution is 0.0993. The molecule has 0 aliphatic heterocycles. The second-order valence-electron chi connectivity index (χ2n) is 11.6. The number of benzene rings is 1. The molecular weight excluding hydrogens is 358 g/mol. The van der Waals surface area contributed by atoms with Gasteiger partial charge in [-0.15, -0.1) is 0 Å². The average molecular weight is 402 g/mol. The molecule has 0 spiro atoms. The molecule has 0 unspecified atom stereocenters. The first-order valence-corrected chi connectivity index (χ1v) is 11.7. The van der Waals surface area contributed by atoms with Crippen LogP contribution in [-0.4, -0.2) is 30.4 Å². The van der Waals surface area contributed by atoms with E-state index < -0.39 is 6.10 Å². The number of aliphatic hydroxyl groups excluding tert-OH is 1. The molecule has 164 valence electrons. The summed E-state index contributed by atoms with van der Waals surface area (Å²) in [6.45, 7) is 14.7. The Hall–Kier alpha value is -1.06. The van der Waals surface area contributed by atoms with Crippen molar-refractivity contribution in [1.82, 2.24) is 5.32 Å². The number of aliphatic hydroxyl groups is 1. The Labute approximate surface area is 178 Å². The third-order valence-electron chi connectivity index (χ3n) is 7.16.